The molecular formula is C11H7F3O2. The van der Waals surface area contributed by atoms with Gasteiger partial charge in [-0.25, -0.2) is 0 Å². The van der Waals surface area contributed by atoms with Crippen molar-refractivity contribution >= 4 is 16.8 Å². The van der Waals surface area contributed by atoms with Crippen LogP contribution in [0.4, 0.5) is 13.2 Å². The van der Waals surface area contributed by atoms with Gasteiger partial charge in [-0.2, -0.15) is 13.2 Å². The van der Waals surface area contributed by atoms with Crippen LogP contribution in [0.2, 0.25) is 0 Å². The molecule has 0 amide bonds. The summed E-state index contributed by atoms with van der Waals surface area (Å²) >= 11 is 0. The first-order valence-electron chi connectivity index (χ1n) is 4.49. The molecule has 0 unspecified atom stereocenters. The van der Waals surface area contributed by atoms with Gasteiger partial charge in [0.2, 0.25) is 0 Å². The van der Waals surface area contributed by atoms with Crippen molar-refractivity contribution in [2.24, 2.45) is 0 Å². The minimum atomic E-state index is -4.39. The molecule has 1 aromatic carbocycles. The maximum absolute atomic E-state index is 12.4. The lowest BCUT2D eigenvalue weighted by atomic mass is 10.1. The molecule has 0 aliphatic heterocycles. The van der Waals surface area contributed by atoms with Crippen LogP contribution in [0.25, 0.3) is 11.0 Å². The first-order valence-corrected chi connectivity index (χ1v) is 4.49. The molecule has 1 heterocycles. The van der Waals surface area contributed by atoms with Crippen molar-refractivity contribution in [1.29, 1.82) is 0 Å². The summed E-state index contributed by atoms with van der Waals surface area (Å²) in [5.41, 5.74) is -0.478. The number of benzene rings is 1. The Labute approximate surface area is 88.7 Å². The topological polar surface area (TPSA) is 30.2 Å². The minimum Gasteiger partial charge on any atom is -0.453 e. The normalized spacial score (nSPS) is 12.0. The molecule has 84 valence electrons. The third kappa shape index (κ3) is 1.80. The van der Waals surface area contributed by atoms with E-state index in [0.717, 1.165) is 12.1 Å². The molecule has 0 atom stereocenters. The molecule has 0 saturated heterocycles. The average molecular weight is 228 g/mol. The molecule has 0 aliphatic rings. The van der Waals surface area contributed by atoms with Gasteiger partial charge in [-0.1, -0.05) is 0 Å². The smallest absolute Gasteiger partial charge is 0.416 e. The highest BCUT2D eigenvalue weighted by Gasteiger charge is 2.30. The number of carbonyl (C=O) groups excluding carboxylic acids is 1. The number of hydrogen-bond acceptors (Lipinski definition) is 2. The Hall–Kier alpha value is -1.78. The van der Waals surface area contributed by atoms with E-state index in [9.17, 15) is 18.0 Å². The van der Waals surface area contributed by atoms with Crippen molar-refractivity contribution in [1.82, 2.24) is 0 Å². The number of alkyl halides is 3. The fraction of sp³-hybridized carbons (Fsp3) is 0.182. The summed E-state index contributed by atoms with van der Waals surface area (Å²) in [5, 5.41) is 0.278. The van der Waals surface area contributed by atoms with Crippen LogP contribution in [-0.2, 0) is 6.18 Å². The second-order valence-corrected chi connectivity index (χ2v) is 3.42. The number of Topliss-reactive ketones (excluding diaryl/α,β-unsaturated/α-hetero) is 1. The lowest BCUT2D eigenvalue weighted by Gasteiger charge is -2.04. The van der Waals surface area contributed by atoms with Crippen LogP contribution in [0.5, 0.6) is 0 Å². The first kappa shape index (κ1) is 10.7. The Morgan fingerprint density at radius 2 is 1.94 bits per heavy atom. The Balaban J connectivity index is 2.58. The lowest BCUT2D eigenvalue weighted by Crippen LogP contribution is -2.03. The maximum atomic E-state index is 12.4. The predicted molar refractivity (Wildman–Crippen MR) is 51.2 cm³/mol. The number of rotatable bonds is 1. The van der Waals surface area contributed by atoms with E-state index in [2.05, 4.69) is 0 Å². The molecule has 16 heavy (non-hydrogen) atoms. The van der Waals surface area contributed by atoms with E-state index < -0.39 is 11.7 Å². The second-order valence-electron chi connectivity index (χ2n) is 3.42. The molecular weight excluding hydrogens is 221 g/mol. The van der Waals surface area contributed by atoms with Crippen molar-refractivity contribution in [3.05, 3.63) is 35.6 Å². The Morgan fingerprint density at radius 1 is 1.25 bits per heavy atom. The molecule has 0 spiro atoms. The number of halogens is 3. The fourth-order valence-electron chi connectivity index (χ4n) is 1.39. The van der Waals surface area contributed by atoms with Gasteiger partial charge in [0.05, 0.1) is 5.56 Å². The highest BCUT2D eigenvalue weighted by Crippen LogP contribution is 2.32. The number of hydrogen-bond donors (Lipinski definition) is 0. The summed E-state index contributed by atoms with van der Waals surface area (Å²) in [4.78, 5) is 11.0. The summed E-state index contributed by atoms with van der Waals surface area (Å²) in [6, 6.07) is 4.42. The Morgan fingerprint density at radius 3 is 2.50 bits per heavy atom. The van der Waals surface area contributed by atoms with Crippen LogP contribution in [0.3, 0.4) is 0 Å². The standard InChI is InChI=1S/C11H7F3O2/c1-6(15)10-5-7-4-8(11(12,13)14)2-3-9(7)16-10/h2-5H,1H3. The van der Waals surface area contributed by atoms with Crippen LogP contribution >= 0.6 is 0 Å². The van der Waals surface area contributed by atoms with E-state index in [4.69, 9.17) is 4.42 Å². The quantitative estimate of drug-likeness (QED) is 0.697. The van der Waals surface area contributed by atoms with E-state index in [1.807, 2.05) is 0 Å². The highest BCUT2D eigenvalue weighted by molar-refractivity contribution is 5.96. The molecule has 0 bridgehead atoms. The number of ketones is 1. The zero-order chi connectivity index (χ0) is 11.9. The summed E-state index contributed by atoms with van der Waals surface area (Å²) in [5.74, 6) is -0.251. The van der Waals surface area contributed by atoms with Crippen molar-refractivity contribution < 1.29 is 22.4 Å². The van der Waals surface area contributed by atoms with Crippen LogP contribution in [0.1, 0.15) is 23.0 Å². The molecule has 2 nitrogen and oxygen atoms in total. The van der Waals surface area contributed by atoms with Gasteiger partial charge < -0.3 is 4.42 Å². The van der Waals surface area contributed by atoms with Crippen molar-refractivity contribution in [2.75, 3.05) is 0 Å². The summed E-state index contributed by atoms with van der Waals surface area (Å²) in [6.45, 7) is 1.29. The van der Waals surface area contributed by atoms with Crippen LogP contribution in [0, 0.1) is 0 Å². The van der Waals surface area contributed by atoms with E-state index in [0.29, 0.717) is 0 Å². The fourth-order valence-corrected chi connectivity index (χ4v) is 1.39. The zero-order valence-electron chi connectivity index (χ0n) is 8.26. The molecule has 1 aromatic heterocycles. The minimum absolute atomic E-state index is 0.0642. The Bertz CT molecular complexity index is 552. The second kappa shape index (κ2) is 3.37. The molecule has 2 rings (SSSR count). The van der Waals surface area contributed by atoms with Crippen molar-refractivity contribution in [2.45, 2.75) is 13.1 Å². The summed E-state index contributed by atoms with van der Waals surface area (Å²) in [6.07, 6.45) is -4.39. The first-order chi connectivity index (χ1) is 7.38. The number of fused-ring (bicyclic) bond motifs is 1. The molecule has 2 aromatic rings. The summed E-state index contributed by atoms with van der Waals surface area (Å²) in [7, 11) is 0. The van der Waals surface area contributed by atoms with Gasteiger partial charge >= 0.3 is 6.18 Å². The predicted octanol–water partition coefficient (Wildman–Crippen LogP) is 3.65. The largest absolute Gasteiger partial charge is 0.453 e. The van der Waals surface area contributed by atoms with Crippen LogP contribution < -0.4 is 0 Å². The molecule has 5 heteroatoms. The van der Waals surface area contributed by atoms with Gasteiger partial charge in [-0.3, -0.25) is 4.79 Å². The average Bonchev–Trinajstić information content (AvgIpc) is 2.58. The lowest BCUT2D eigenvalue weighted by molar-refractivity contribution is -0.137. The molecule has 0 fully saturated rings. The van der Waals surface area contributed by atoms with Gasteiger partial charge in [-0.15, -0.1) is 0 Å². The molecule has 0 saturated carbocycles. The van der Waals surface area contributed by atoms with E-state index in [1.54, 1.807) is 0 Å². The third-order valence-electron chi connectivity index (χ3n) is 2.19. The molecule has 0 aliphatic carbocycles. The number of furan rings is 1. The van der Waals surface area contributed by atoms with Crippen LogP contribution in [-0.4, -0.2) is 5.78 Å². The highest BCUT2D eigenvalue weighted by atomic mass is 19.4. The molecule has 0 radical (unpaired) electrons. The molecule has 0 N–H and O–H groups in total. The van der Waals surface area contributed by atoms with Gasteiger partial charge in [0, 0.05) is 12.3 Å². The maximum Gasteiger partial charge on any atom is 0.416 e. The van der Waals surface area contributed by atoms with Gasteiger partial charge in [0.25, 0.3) is 0 Å². The monoisotopic (exact) mass is 228 g/mol. The van der Waals surface area contributed by atoms with E-state index >= 15 is 0 Å². The zero-order valence-corrected chi connectivity index (χ0v) is 8.26. The van der Waals surface area contributed by atoms with Crippen molar-refractivity contribution in [3.63, 3.8) is 0 Å². The SMILES string of the molecule is CC(=O)c1cc2cc(C(F)(F)F)ccc2o1. The summed E-state index contributed by atoms with van der Waals surface area (Å²) < 4.78 is 42.2. The van der Waals surface area contributed by atoms with Gasteiger partial charge in [-0.05, 0) is 24.3 Å². The van der Waals surface area contributed by atoms with E-state index in [1.165, 1.54) is 19.1 Å². The third-order valence-corrected chi connectivity index (χ3v) is 2.19. The van der Waals surface area contributed by atoms with Crippen molar-refractivity contribution in [3.8, 4) is 0 Å². The van der Waals surface area contributed by atoms with Gasteiger partial charge in [0.15, 0.2) is 11.5 Å². The van der Waals surface area contributed by atoms with Crippen LogP contribution in [0.15, 0.2) is 28.7 Å². The van der Waals surface area contributed by atoms with E-state index in [-0.39, 0.29) is 22.5 Å². The Kier molecular flexibility index (Phi) is 2.26. The number of carbonyl (C=O) groups is 1. The van der Waals surface area contributed by atoms with Gasteiger partial charge in [0.1, 0.15) is 5.58 Å².